The van der Waals surface area contributed by atoms with Crippen LogP contribution in [0.1, 0.15) is 19.3 Å². The molecule has 2 fully saturated rings. The van der Waals surface area contributed by atoms with E-state index in [1.165, 1.54) is 17.0 Å². The highest BCUT2D eigenvalue weighted by Gasteiger charge is 2.38. The van der Waals surface area contributed by atoms with Gasteiger partial charge in [-0.1, -0.05) is 6.07 Å². The van der Waals surface area contributed by atoms with E-state index in [9.17, 15) is 14.0 Å². The maximum atomic E-state index is 13.4. The molecule has 1 atom stereocenters. The summed E-state index contributed by atoms with van der Waals surface area (Å²) in [4.78, 5) is 28.5. The Kier molecular flexibility index (Phi) is 5.58. The Balaban J connectivity index is 1.61. The van der Waals surface area contributed by atoms with Gasteiger partial charge in [-0.2, -0.15) is 0 Å². The molecule has 142 valence electrons. The van der Waals surface area contributed by atoms with Crippen LogP contribution in [0.4, 0.5) is 10.1 Å². The summed E-state index contributed by atoms with van der Waals surface area (Å²) in [7, 11) is 4.03. The molecule has 0 spiro atoms. The number of hydrogen-bond acceptors (Lipinski definition) is 4. The molecule has 1 aromatic rings. The molecule has 0 bridgehead atoms. The van der Waals surface area contributed by atoms with Crippen molar-refractivity contribution in [2.24, 2.45) is 5.92 Å². The van der Waals surface area contributed by atoms with Crippen LogP contribution >= 0.6 is 0 Å². The first-order valence-electron chi connectivity index (χ1n) is 9.00. The summed E-state index contributed by atoms with van der Waals surface area (Å²) in [6, 6.07) is 5.91. The van der Waals surface area contributed by atoms with Gasteiger partial charge in [0.05, 0.1) is 5.92 Å². The normalized spacial score (nSPS) is 22.7. The highest BCUT2D eigenvalue weighted by atomic mass is 19.1. The van der Waals surface area contributed by atoms with E-state index in [0.29, 0.717) is 25.4 Å². The Labute approximate surface area is 153 Å². The van der Waals surface area contributed by atoms with Gasteiger partial charge >= 0.3 is 0 Å². The third-order valence-electron chi connectivity index (χ3n) is 5.58. The molecule has 1 aromatic carbocycles. The van der Waals surface area contributed by atoms with Crippen molar-refractivity contribution in [3.05, 3.63) is 30.1 Å². The molecule has 2 aliphatic heterocycles. The van der Waals surface area contributed by atoms with Crippen LogP contribution in [0.15, 0.2) is 24.3 Å². The lowest BCUT2D eigenvalue weighted by Crippen LogP contribution is -2.56. The van der Waals surface area contributed by atoms with Gasteiger partial charge in [-0.15, -0.1) is 0 Å². The molecule has 26 heavy (non-hydrogen) atoms. The summed E-state index contributed by atoms with van der Waals surface area (Å²) in [6.07, 6.45) is 1.87. The van der Waals surface area contributed by atoms with Crippen molar-refractivity contribution in [3.8, 4) is 0 Å². The van der Waals surface area contributed by atoms with Gasteiger partial charge < -0.3 is 19.9 Å². The predicted octanol–water partition coefficient (Wildman–Crippen LogP) is 1.41. The quantitative estimate of drug-likeness (QED) is 0.859. The number of likely N-dealkylation sites (N-methyl/N-ethyl adjacent to an activating group) is 1. The van der Waals surface area contributed by atoms with E-state index in [-0.39, 0.29) is 30.3 Å². The van der Waals surface area contributed by atoms with Crippen LogP contribution in [-0.4, -0.2) is 62.7 Å². The Morgan fingerprint density at radius 3 is 2.77 bits per heavy atom. The van der Waals surface area contributed by atoms with E-state index in [1.807, 2.05) is 14.1 Å². The van der Waals surface area contributed by atoms with Crippen LogP contribution in [0.5, 0.6) is 0 Å². The monoisotopic (exact) mass is 363 g/mol. The standard InChI is InChI=1S/C19H26FN3O3/c1-22(2)19(6-8-26-9-7-19)13-21-18(25)14-10-17(24)23(12-14)16-5-3-4-15(20)11-16/h3-5,11,14H,6-10,12-13H2,1-2H3,(H,21,25)/t14-/m1/s1. The lowest BCUT2D eigenvalue weighted by molar-refractivity contribution is -0.127. The minimum atomic E-state index is -0.412. The van der Waals surface area contributed by atoms with Gasteiger partial charge in [-0.3, -0.25) is 9.59 Å². The summed E-state index contributed by atoms with van der Waals surface area (Å²) in [6.45, 7) is 2.19. The van der Waals surface area contributed by atoms with Crippen molar-refractivity contribution >= 4 is 17.5 Å². The number of anilines is 1. The molecule has 2 amide bonds. The van der Waals surface area contributed by atoms with Crippen molar-refractivity contribution in [3.63, 3.8) is 0 Å². The fourth-order valence-corrected chi connectivity index (χ4v) is 3.71. The maximum absolute atomic E-state index is 13.4. The zero-order chi connectivity index (χ0) is 18.7. The van der Waals surface area contributed by atoms with Crippen molar-refractivity contribution in [1.29, 1.82) is 0 Å². The molecule has 2 heterocycles. The molecule has 0 unspecified atom stereocenters. The zero-order valence-electron chi connectivity index (χ0n) is 15.3. The molecule has 2 saturated heterocycles. The smallest absolute Gasteiger partial charge is 0.227 e. The first-order chi connectivity index (χ1) is 12.4. The van der Waals surface area contributed by atoms with E-state index in [2.05, 4.69) is 10.2 Å². The lowest BCUT2D eigenvalue weighted by atomic mass is 9.88. The second-order valence-electron chi connectivity index (χ2n) is 7.33. The predicted molar refractivity (Wildman–Crippen MR) is 96.3 cm³/mol. The fraction of sp³-hybridized carbons (Fsp3) is 0.579. The molecule has 0 radical (unpaired) electrons. The lowest BCUT2D eigenvalue weighted by Gasteiger charge is -2.43. The van der Waals surface area contributed by atoms with Crippen molar-refractivity contribution < 1.29 is 18.7 Å². The Morgan fingerprint density at radius 2 is 2.12 bits per heavy atom. The first-order valence-corrected chi connectivity index (χ1v) is 9.00. The number of rotatable bonds is 5. The van der Waals surface area contributed by atoms with Crippen LogP contribution in [-0.2, 0) is 14.3 Å². The van der Waals surface area contributed by atoms with Crippen molar-refractivity contribution in [1.82, 2.24) is 10.2 Å². The largest absolute Gasteiger partial charge is 0.381 e. The number of nitrogens with one attached hydrogen (secondary N) is 1. The number of halogens is 1. The van der Waals surface area contributed by atoms with Crippen LogP contribution in [0.2, 0.25) is 0 Å². The number of benzene rings is 1. The summed E-state index contributed by atoms with van der Waals surface area (Å²) in [5.74, 6) is -1.07. The van der Waals surface area contributed by atoms with Crippen LogP contribution in [0, 0.1) is 11.7 Å². The van der Waals surface area contributed by atoms with Gasteiger partial charge in [0.1, 0.15) is 5.82 Å². The molecule has 3 rings (SSSR count). The third kappa shape index (κ3) is 3.88. The third-order valence-corrected chi connectivity index (χ3v) is 5.58. The molecular formula is C19H26FN3O3. The van der Waals surface area contributed by atoms with Gasteiger partial charge in [-0.05, 0) is 45.1 Å². The summed E-state index contributed by atoms with van der Waals surface area (Å²) < 4.78 is 18.9. The number of carbonyl (C=O) groups excluding carboxylic acids is 2. The molecule has 0 aromatic heterocycles. The minimum Gasteiger partial charge on any atom is -0.381 e. The number of amides is 2. The second kappa shape index (κ2) is 7.72. The average molecular weight is 363 g/mol. The maximum Gasteiger partial charge on any atom is 0.227 e. The van der Waals surface area contributed by atoms with E-state index in [1.54, 1.807) is 12.1 Å². The van der Waals surface area contributed by atoms with E-state index in [4.69, 9.17) is 4.74 Å². The van der Waals surface area contributed by atoms with Crippen LogP contribution in [0.3, 0.4) is 0 Å². The Morgan fingerprint density at radius 1 is 1.38 bits per heavy atom. The number of carbonyl (C=O) groups is 2. The molecule has 7 heteroatoms. The van der Waals surface area contributed by atoms with Gasteiger partial charge in [0.15, 0.2) is 0 Å². The molecule has 6 nitrogen and oxygen atoms in total. The summed E-state index contributed by atoms with van der Waals surface area (Å²) in [5.41, 5.74) is 0.387. The molecule has 0 aliphatic carbocycles. The van der Waals surface area contributed by atoms with Crippen LogP contribution < -0.4 is 10.2 Å². The SMILES string of the molecule is CN(C)C1(CNC(=O)[C@@H]2CC(=O)N(c3cccc(F)c3)C2)CCOCC1. The van der Waals surface area contributed by atoms with Crippen molar-refractivity contribution in [2.75, 3.05) is 45.3 Å². The van der Waals surface area contributed by atoms with Gasteiger partial charge in [-0.25, -0.2) is 4.39 Å². The van der Waals surface area contributed by atoms with Crippen LogP contribution in [0.25, 0.3) is 0 Å². The van der Waals surface area contributed by atoms with E-state index >= 15 is 0 Å². The number of ether oxygens (including phenoxy) is 1. The van der Waals surface area contributed by atoms with Gasteiger partial charge in [0, 0.05) is 44.0 Å². The highest BCUT2D eigenvalue weighted by molar-refractivity contribution is 6.00. The van der Waals surface area contributed by atoms with E-state index in [0.717, 1.165) is 12.8 Å². The number of hydrogen-bond donors (Lipinski definition) is 1. The topological polar surface area (TPSA) is 61.9 Å². The number of nitrogens with zero attached hydrogens (tertiary/aromatic N) is 2. The minimum absolute atomic E-state index is 0.112. The summed E-state index contributed by atoms with van der Waals surface area (Å²) in [5, 5.41) is 3.03. The molecule has 2 aliphatic rings. The van der Waals surface area contributed by atoms with E-state index < -0.39 is 11.7 Å². The Bertz CT molecular complexity index is 674. The zero-order valence-corrected chi connectivity index (χ0v) is 15.3. The van der Waals surface area contributed by atoms with Gasteiger partial charge in [0.25, 0.3) is 0 Å². The molecular weight excluding hydrogens is 337 g/mol. The fourth-order valence-electron chi connectivity index (χ4n) is 3.71. The molecule has 0 saturated carbocycles. The van der Waals surface area contributed by atoms with Crippen molar-refractivity contribution in [2.45, 2.75) is 24.8 Å². The average Bonchev–Trinajstić information content (AvgIpc) is 3.02. The highest BCUT2D eigenvalue weighted by Crippen LogP contribution is 2.27. The Hall–Kier alpha value is -1.99. The summed E-state index contributed by atoms with van der Waals surface area (Å²) >= 11 is 0. The molecule has 1 N–H and O–H groups in total. The van der Waals surface area contributed by atoms with Gasteiger partial charge in [0.2, 0.25) is 11.8 Å². The second-order valence-corrected chi connectivity index (χ2v) is 7.33. The first kappa shape index (κ1) is 18.8.